The first-order valence-corrected chi connectivity index (χ1v) is 10.1. The summed E-state index contributed by atoms with van der Waals surface area (Å²) in [5, 5.41) is 0. The van der Waals surface area contributed by atoms with Gasteiger partial charge in [0.1, 0.15) is 6.61 Å². The summed E-state index contributed by atoms with van der Waals surface area (Å²) < 4.78 is 10.7. The van der Waals surface area contributed by atoms with Crippen molar-refractivity contribution in [3.05, 3.63) is 35.9 Å². The molecule has 0 N–H and O–H groups in total. The van der Waals surface area contributed by atoms with Gasteiger partial charge < -0.3 is 9.47 Å². The lowest BCUT2D eigenvalue weighted by Gasteiger charge is -2.35. The maximum atomic E-state index is 12.6. The lowest BCUT2D eigenvalue weighted by Crippen LogP contribution is -2.36. The van der Waals surface area contributed by atoms with Crippen molar-refractivity contribution >= 4 is 23.6 Å². The largest absolute Gasteiger partial charge is 0.447 e. The van der Waals surface area contributed by atoms with Gasteiger partial charge in [0.05, 0.1) is 13.2 Å². The molecule has 0 radical (unpaired) electrons. The second kappa shape index (κ2) is 10.7. The van der Waals surface area contributed by atoms with E-state index >= 15 is 0 Å². The highest BCUT2D eigenvalue weighted by molar-refractivity contribution is 6.17. The van der Waals surface area contributed by atoms with Crippen LogP contribution in [0.1, 0.15) is 45.1 Å². The first-order valence-electron chi connectivity index (χ1n) is 9.59. The number of hydrogen-bond donors (Lipinski definition) is 0. The van der Waals surface area contributed by atoms with Crippen LogP contribution in [-0.4, -0.2) is 42.5 Å². The molecule has 1 heterocycles. The van der Waals surface area contributed by atoms with E-state index in [9.17, 15) is 9.59 Å². The Hall–Kier alpha value is -1.59. The number of ether oxygens (including phenoxy) is 2. The Labute approximate surface area is 167 Å². The van der Waals surface area contributed by atoms with E-state index < -0.39 is 6.09 Å². The fraction of sp³-hybridized carbons (Fsp3) is 0.619. The average molecular weight is 396 g/mol. The lowest BCUT2D eigenvalue weighted by molar-refractivity contribution is -0.130. The van der Waals surface area contributed by atoms with Crippen LogP contribution in [0.5, 0.6) is 0 Å². The van der Waals surface area contributed by atoms with Gasteiger partial charge in [-0.15, -0.1) is 11.6 Å². The monoisotopic (exact) mass is 395 g/mol. The highest BCUT2D eigenvalue weighted by Crippen LogP contribution is 2.37. The van der Waals surface area contributed by atoms with Crippen molar-refractivity contribution in [1.82, 2.24) is 4.90 Å². The number of carbonyl (C=O) groups excluding carboxylic acids is 2. The number of amides is 2. The molecule has 1 aromatic rings. The first-order chi connectivity index (χ1) is 12.9. The maximum absolute atomic E-state index is 12.6. The maximum Gasteiger partial charge on any atom is 0.416 e. The van der Waals surface area contributed by atoms with Crippen molar-refractivity contribution in [2.75, 3.05) is 25.6 Å². The molecule has 0 bridgehead atoms. The van der Waals surface area contributed by atoms with E-state index in [1.165, 1.54) is 4.90 Å². The average Bonchev–Trinajstić information content (AvgIpc) is 3.09. The summed E-state index contributed by atoms with van der Waals surface area (Å²) in [5.41, 5.74) is 1.07. The molecule has 1 saturated heterocycles. The number of carbonyl (C=O) groups is 2. The Morgan fingerprint density at radius 2 is 2.07 bits per heavy atom. The number of benzene rings is 1. The number of imide groups is 1. The minimum absolute atomic E-state index is 0.0652. The Morgan fingerprint density at radius 1 is 1.33 bits per heavy atom. The lowest BCUT2D eigenvalue weighted by atomic mass is 9.72. The summed E-state index contributed by atoms with van der Waals surface area (Å²) >= 11 is 5.87. The molecule has 0 saturated carbocycles. The summed E-state index contributed by atoms with van der Waals surface area (Å²) in [5.74, 6) is 0.550. The molecule has 27 heavy (non-hydrogen) atoms. The summed E-state index contributed by atoms with van der Waals surface area (Å²) in [6, 6.07) is 10.0. The zero-order valence-corrected chi connectivity index (χ0v) is 17.0. The van der Waals surface area contributed by atoms with Gasteiger partial charge in [0.25, 0.3) is 0 Å². The summed E-state index contributed by atoms with van der Waals surface area (Å²) in [6.45, 7) is 6.08. The third kappa shape index (κ3) is 6.82. The van der Waals surface area contributed by atoms with Crippen molar-refractivity contribution in [3.8, 4) is 0 Å². The number of cyclic esters (lactones) is 1. The van der Waals surface area contributed by atoms with Crippen LogP contribution < -0.4 is 0 Å². The van der Waals surface area contributed by atoms with E-state index in [0.29, 0.717) is 32.1 Å². The Balaban J connectivity index is 1.92. The molecule has 0 aliphatic carbocycles. The van der Waals surface area contributed by atoms with Gasteiger partial charge >= 0.3 is 6.09 Å². The standard InChI is InChI=1S/C21H30ClNO4/c1-21(2,10-6-11-22)18(15-19(24)23-12-14-27-20(23)25)9-13-26-16-17-7-4-3-5-8-17/h3-5,7-8,18H,6,9-16H2,1-2H3/t18-/m0/s1. The smallest absolute Gasteiger partial charge is 0.416 e. The minimum Gasteiger partial charge on any atom is -0.447 e. The highest BCUT2D eigenvalue weighted by Gasteiger charge is 2.35. The molecule has 150 valence electrons. The summed E-state index contributed by atoms with van der Waals surface area (Å²) in [7, 11) is 0. The topological polar surface area (TPSA) is 55.8 Å². The number of rotatable bonds is 11. The molecule has 0 unspecified atom stereocenters. The third-order valence-electron chi connectivity index (χ3n) is 5.27. The van der Waals surface area contributed by atoms with Crippen LogP contribution in [0.15, 0.2) is 30.3 Å². The zero-order valence-electron chi connectivity index (χ0n) is 16.3. The fourth-order valence-corrected chi connectivity index (χ4v) is 3.56. The van der Waals surface area contributed by atoms with Gasteiger partial charge in [-0.1, -0.05) is 44.2 Å². The van der Waals surface area contributed by atoms with Crippen molar-refractivity contribution in [1.29, 1.82) is 0 Å². The number of hydrogen-bond acceptors (Lipinski definition) is 4. The van der Waals surface area contributed by atoms with Crippen LogP contribution in [0, 0.1) is 11.3 Å². The zero-order chi connectivity index (χ0) is 19.7. The van der Waals surface area contributed by atoms with Gasteiger partial charge in [0.2, 0.25) is 5.91 Å². The molecule has 6 heteroatoms. The highest BCUT2D eigenvalue weighted by atomic mass is 35.5. The van der Waals surface area contributed by atoms with Gasteiger partial charge in [0, 0.05) is 18.9 Å². The molecule has 0 spiro atoms. The molecule has 5 nitrogen and oxygen atoms in total. The SMILES string of the molecule is CC(C)(CCCCl)[C@@H](CCOCc1ccccc1)CC(=O)N1CCOC1=O. The van der Waals surface area contributed by atoms with Crippen molar-refractivity contribution in [3.63, 3.8) is 0 Å². The van der Waals surface area contributed by atoms with Crippen LogP contribution in [0.4, 0.5) is 4.79 Å². The van der Waals surface area contributed by atoms with E-state index in [-0.39, 0.29) is 23.8 Å². The van der Waals surface area contributed by atoms with Crippen molar-refractivity contribution in [2.45, 2.75) is 46.1 Å². The van der Waals surface area contributed by atoms with Gasteiger partial charge in [0.15, 0.2) is 0 Å². The summed E-state index contributed by atoms with van der Waals surface area (Å²) in [4.78, 5) is 25.5. The van der Waals surface area contributed by atoms with Gasteiger partial charge in [-0.25, -0.2) is 9.69 Å². The molecular formula is C21H30ClNO4. The van der Waals surface area contributed by atoms with E-state index in [2.05, 4.69) is 13.8 Å². The van der Waals surface area contributed by atoms with Crippen LogP contribution in [0.25, 0.3) is 0 Å². The Kier molecular flexibility index (Phi) is 8.58. The second-order valence-electron chi connectivity index (χ2n) is 7.67. The molecule has 1 aromatic carbocycles. The molecule has 2 amide bonds. The normalized spacial score (nSPS) is 15.7. The van der Waals surface area contributed by atoms with Crippen LogP contribution in [0.3, 0.4) is 0 Å². The molecule has 1 fully saturated rings. The third-order valence-corrected chi connectivity index (χ3v) is 5.53. The molecule has 1 aliphatic rings. The number of alkyl halides is 1. The fourth-order valence-electron chi connectivity index (χ4n) is 3.43. The van der Waals surface area contributed by atoms with Crippen LogP contribution >= 0.6 is 11.6 Å². The van der Waals surface area contributed by atoms with Crippen molar-refractivity contribution < 1.29 is 19.1 Å². The Morgan fingerprint density at radius 3 is 2.70 bits per heavy atom. The predicted octanol–water partition coefficient (Wildman–Crippen LogP) is 4.62. The number of nitrogens with zero attached hydrogens (tertiary/aromatic N) is 1. The van der Waals surface area contributed by atoms with E-state index in [1.54, 1.807) is 0 Å². The van der Waals surface area contributed by atoms with Gasteiger partial charge in [-0.3, -0.25) is 4.79 Å². The molecule has 0 aromatic heterocycles. The van der Waals surface area contributed by atoms with E-state index in [1.807, 2.05) is 30.3 Å². The number of halogens is 1. The second-order valence-corrected chi connectivity index (χ2v) is 8.05. The van der Waals surface area contributed by atoms with Crippen LogP contribution in [-0.2, 0) is 20.9 Å². The van der Waals surface area contributed by atoms with Crippen LogP contribution in [0.2, 0.25) is 0 Å². The molecular weight excluding hydrogens is 366 g/mol. The first kappa shape index (κ1) is 21.7. The van der Waals surface area contributed by atoms with E-state index in [0.717, 1.165) is 24.8 Å². The minimum atomic E-state index is -0.530. The quantitative estimate of drug-likeness (QED) is 0.405. The Bertz CT molecular complexity index is 605. The van der Waals surface area contributed by atoms with Crippen molar-refractivity contribution in [2.24, 2.45) is 11.3 Å². The van der Waals surface area contributed by atoms with Gasteiger partial charge in [-0.2, -0.15) is 0 Å². The molecule has 1 atom stereocenters. The summed E-state index contributed by atoms with van der Waals surface area (Å²) in [6.07, 6.45) is 2.38. The van der Waals surface area contributed by atoms with Gasteiger partial charge in [-0.05, 0) is 36.2 Å². The molecule has 2 rings (SSSR count). The van der Waals surface area contributed by atoms with E-state index in [4.69, 9.17) is 21.1 Å². The predicted molar refractivity (Wildman–Crippen MR) is 106 cm³/mol. The molecule has 1 aliphatic heterocycles.